The summed E-state index contributed by atoms with van der Waals surface area (Å²) in [7, 11) is 0. The van der Waals surface area contributed by atoms with E-state index in [1.165, 1.54) is 18.1 Å². The average Bonchev–Trinajstić information content (AvgIpc) is 3.12. The minimum atomic E-state index is -0.132. The van der Waals surface area contributed by atoms with Crippen molar-refractivity contribution in [2.75, 3.05) is 10.6 Å². The summed E-state index contributed by atoms with van der Waals surface area (Å²) in [6.07, 6.45) is 0.928. The van der Waals surface area contributed by atoms with Crippen molar-refractivity contribution in [2.24, 2.45) is 0 Å². The summed E-state index contributed by atoms with van der Waals surface area (Å²) in [4.78, 5) is 28.7. The highest BCUT2D eigenvalue weighted by atomic mass is 16.2. The fourth-order valence-corrected chi connectivity index (χ4v) is 4.41. The van der Waals surface area contributed by atoms with Crippen LogP contribution in [0.5, 0.6) is 0 Å². The first-order valence-electron chi connectivity index (χ1n) is 11.7. The molecule has 0 bridgehead atoms. The van der Waals surface area contributed by atoms with Gasteiger partial charge < -0.3 is 10.6 Å². The smallest absolute Gasteiger partial charge is 0.224 e. The van der Waals surface area contributed by atoms with Crippen LogP contribution < -0.4 is 10.6 Å². The van der Waals surface area contributed by atoms with E-state index in [4.69, 9.17) is 10.1 Å². The van der Waals surface area contributed by atoms with Gasteiger partial charge >= 0.3 is 0 Å². The van der Waals surface area contributed by atoms with E-state index in [9.17, 15) is 9.59 Å². The maximum absolute atomic E-state index is 12.6. The van der Waals surface area contributed by atoms with E-state index in [1.807, 2.05) is 18.5 Å². The summed E-state index contributed by atoms with van der Waals surface area (Å²) in [6, 6.07) is 13.4. The number of pyridine rings is 1. The van der Waals surface area contributed by atoms with Crippen molar-refractivity contribution in [3.8, 4) is 5.69 Å². The van der Waals surface area contributed by atoms with Gasteiger partial charge in [0.1, 0.15) is 0 Å². The lowest BCUT2D eigenvalue weighted by Gasteiger charge is -2.12. The van der Waals surface area contributed by atoms with Crippen molar-refractivity contribution < 1.29 is 9.59 Å². The maximum atomic E-state index is 12.6. The second-order valence-electron chi connectivity index (χ2n) is 9.07. The van der Waals surface area contributed by atoms with Gasteiger partial charge in [-0.1, -0.05) is 6.07 Å². The van der Waals surface area contributed by atoms with Gasteiger partial charge in [0.05, 0.1) is 11.4 Å². The van der Waals surface area contributed by atoms with Crippen molar-refractivity contribution in [1.29, 1.82) is 0 Å². The number of amides is 2. The Kier molecular flexibility index (Phi) is 6.69. The van der Waals surface area contributed by atoms with Crippen LogP contribution in [0.25, 0.3) is 16.7 Å². The van der Waals surface area contributed by atoms with E-state index in [-0.39, 0.29) is 11.8 Å². The molecule has 0 saturated heterocycles. The van der Waals surface area contributed by atoms with E-state index < -0.39 is 0 Å². The highest BCUT2D eigenvalue weighted by Gasteiger charge is 2.18. The van der Waals surface area contributed by atoms with E-state index >= 15 is 0 Å². The number of aromatic nitrogens is 3. The normalized spacial score (nSPS) is 11.0. The largest absolute Gasteiger partial charge is 0.326 e. The molecule has 0 spiro atoms. The molecule has 7 heteroatoms. The van der Waals surface area contributed by atoms with E-state index in [1.54, 1.807) is 24.3 Å². The Morgan fingerprint density at radius 3 is 2.14 bits per heavy atom. The monoisotopic (exact) mass is 469 g/mol. The third kappa shape index (κ3) is 5.09. The zero-order chi connectivity index (χ0) is 25.3. The molecule has 7 nitrogen and oxygen atoms in total. The van der Waals surface area contributed by atoms with E-state index in [0.29, 0.717) is 24.2 Å². The second-order valence-corrected chi connectivity index (χ2v) is 9.07. The van der Waals surface area contributed by atoms with Crippen molar-refractivity contribution in [1.82, 2.24) is 14.8 Å². The molecule has 0 saturated carbocycles. The van der Waals surface area contributed by atoms with Gasteiger partial charge in [0.2, 0.25) is 11.8 Å². The lowest BCUT2D eigenvalue weighted by Crippen LogP contribution is -2.13. The van der Waals surface area contributed by atoms with Crippen molar-refractivity contribution in [3.05, 3.63) is 76.1 Å². The molecule has 0 aliphatic carbocycles. The van der Waals surface area contributed by atoms with Crippen LogP contribution in [-0.4, -0.2) is 26.6 Å². The van der Waals surface area contributed by atoms with Crippen LogP contribution in [0.3, 0.4) is 0 Å². The summed E-state index contributed by atoms with van der Waals surface area (Å²) in [5.74, 6) is -0.202. The minimum Gasteiger partial charge on any atom is -0.326 e. The Balaban J connectivity index is 1.54. The third-order valence-electron chi connectivity index (χ3n) is 6.40. The van der Waals surface area contributed by atoms with Crippen LogP contribution in [-0.2, 0) is 16.0 Å². The predicted molar refractivity (Wildman–Crippen MR) is 140 cm³/mol. The molecule has 0 aliphatic heterocycles. The van der Waals surface area contributed by atoms with Gasteiger partial charge in [0.25, 0.3) is 0 Å². The highest BCUT2D eigenvalue weighted by Crippen LogP contribution is 2.29. The number of hydrogen-bond donors (Lipinski definition) is 2. The molecule has 4 aromatic rings. The van der Waals surface area contributed by atoms with Crippen molar-refractivity contribution in [2.45, 2.75) is 54.4 Å². The van der Waals surface area contributed by atoms with Gasteiger partial charge in [-0.05, 0) is 99.7 Å². The van der Waals surface area contributed by atoms with Gasteiger partial charge in [-0.25, -0.2) is 9.67 Å². The molecule has 2 aromatic carbocycles. The molecular formula is C28H31N5O2. The number of anilines is 2. The topological polar surface area (TPSA) is 88.9 Å². The first-order chi connectivity index (χ1) is 16.6. The summed E-state index contributed by atoms with van der Waals surface area (Å²) >= 11 is 0. The molecule has 2 aromatic heterocycles. The molecule has 0 aliphatic rings. The lowest BCUT2D eigenvalue weighted by molar-refractivity contribution is -0.116. The Labute approximate surface area is 205 Å². The number of nitrogens with one attached hydrogen (secondary N) is 2. The summed E-state index contributed by atoms with van der Waals surface area (Å²) in [5.41, 5.74) is 9.71. The number of fused-ring (bicyclic) bond motifs is 1. The molecule has 180 valence electrons. The van der Waals surface area contributed by atoms with Gasteiger partial charge in [-0.3, -0.25) is 9.59 Å². The SMILES string of the molecule is CC(=O)Nc1ccc(NC(=O)CCc2c(C)nc3c(c(C)nn3-c3ccc(C)c(C)c3)c2C)cc1. The van der Waals surface area contributed by atoms with Crippen LogP contribution in [0.4, 0.5) is 11.4 Å². The zero-order valence-corrected chi connectivity index (χ0v) is 21.1. The molecule has 2 heterocycles. The minimum absolute atomic E-state index is 0.0706. The molecular weight excluding hydrogens is 438 g/mol. The molecule has 2 N–H and O–H groups in total. The lowest BCUT2D eigenvalue weighted by atomic mass is 9.99. The Morgan fingerprint density at radius 1 is 0.857 bits per heavy atom. The van der Waals surface area contributed by atoms with Gasteiger partial charge in [-0.15, -0.1) is 0 Å². The number of hydrogen-bond acceptors (Lipinski definition) is 4. The van der Waals surface area contributed by atoms with Gasteiger partial charge in [0.15, 0.2) is 5.65 Å². The fraction of sp³-hybridized carbons (Fsp3) is 0.286. The Hall–Kier alpha value is -4.00. The first kappa shape index (κ1) is 24.1. The van der Waals surface area contributed by atoms with Crippen molar-refractivity contribution in [3.63, 3.8) is 0 Å². The Bertz CT molecular complexity index is 1430. The van der Waals surface area contributed by atoms with Crippen LogP contribution in [0, 0.1) is 34.6 Å². The second kappa shape index (κ2) is 9.70. The number of carbonyl (C=O) groups is 2. The fourth-order valence-electron chi connectivity index (χ4n) is 4.41. The van der Waals surface area contributed by atoms with Crippen LogP contribution in [0.15, 0.2) is 42.5 Å². The van der Waals surface area contributed by atoms with Crippen molar-refractivity contribution >= 4 is 34.2 Å². The summed E-state index contributed by atoms with van der Waals surface area (Å²) in [5, 5.41) is 11.5. The average molecular weight is 470 g/mol. The van der Waals surface area contributed by atoms with Crippen LogP contribution in [0.2, 0.25) is 0 Å². The van der Waals surface area contributed by atoms with E-state index in [0.717, 1.165) is 39.2 Å². The molecule has 0 atom stereocenters. The van der Waals surface area contributed by atoms with Gasteiger partial charge in [-0.2, -0.15) is 5.10 Å². The molecule has 0 unspecified atom stereocenters. The molecule has 2 amide bonds. The predicted octanol–water partition coefficient (Wildman–Crippen LogP) is 5.49. The third-order valence-corrected chi connectivity index (χ3v) is 6.40. The maximum Gasteiger partial charge on any atom is 0.224 e. The molecule has 4 rings (SSSR count). The van der Waals surface area contributed by atoms with Gasteiger partial charge in [0, 0.05) is 35.8 Å². The van der Waals surface area contributed by atoms with Crippen LogP contribution >= 0.6 is 0 Å². The molecule has 35 heavy (non-hydrogen) atoms. The quantitative estimate of drug-likeness (QED) is 0.391. The molecule has 0 fully saturated rings. The zero-order valence-electron chi connectivity index (χ0n) is 21.1. The number of aryl methyl sites for hydroxylation is 5. The first-order valence-corrected chi connectivity index (χ1v) is 11.7. The number of carbonyl (C=O) groups excluding carboxylic acids is 2. The highest BCUT2D eigenvalue weighted by molar-refractivity contribution is 5.92. The number of benzene rings is 2. The Morgan fingerprint density at radius 2 is 1.51 bits per heavy atom. The number of rotatable bonds is 6. The standard InChI is InChI=1S/C28H31N5O2/c1-16-7-12-24(15-17(16)2)33-28-27(20(5)32-33)18(3)25(19(4)29-28)13-14-26(35)31-23-10-8-22(9-11-23)30-21(6)34/h7-12,15H,13-14H2,1-6H3,(H,30,34)(H,31,35). The molecule has 0 radical (unpaired) electrons. The van der Waals surface area contributed by atoms with Crippen LogP contribution in [0.1, 0.15) is 47.0 Å². The number of nitrogens with zero attached hydrogens (tertiary/aromatic N) is 3. The summed E-state index contributed by atoms with van der Waals surface area (Å²) < 4.78 is 1.91. The summed E-state index contributed by atoms with van der Waals surface area (Å²) in [6.45, 7) is 11.7. The van der Waals surface area contributed by atoms with E-state index in [2.05, 4.69) is 49.6 Å².